The summed E-state index contributed by atoms with van der Waals surface area (Å²) in [5.41, 5.74) is 2.94. The molecule has 0 aliphatic rings. The van der Waals surface area contributed by atoms with Crippen molar-refractivity contribution < 1.29 is 9.53 Å². The summed E-state index contributed by atoms with van der Waals surface area (Å²) in [5, 5.41) is 1.98. The first kappa shape index (κ1) is 17.5. The molecule has 0 aliphatic carbocycles. The maximum absolute atomic E-state index is 13.2. The number of carbonyl (C=O) groups is 1. The first-order chi connectivity index (χ1) is 13.1. The molecule has 0 saturated heterocycles. The van der Waals surface area contributed by atoms with Gasteiger partial charge in [0.1, 0.15) is 10.6 Å². The Labute approximate surface area is 162 Å². The minimum Gasteiger partial charge on any atom is -0.497 e. The first-order valence-electron chi connectivity index (χ1n) is 8.86. The number of anilines is 1. The summed E-state index contributed by atoms with van der Waals surface area (Å²) >= 11 is 1.44. The highest BCUT2D eigenvalue weighted by Crippen LogP contribution is 2.31. The number of para-hydroxylation sites is 1. The highest BCUT2D eigenvalue weighted by atomic mass is 32.1. The van der Waals surface area contributed by atoms with E-state index in [1.165, 1.54) is 11.3 Å². The fraction of sp³-hybridized carbons (Fsp3) is 0.182. The van der Waals surface area contributed by atoms with Crippen LogP contribution in [0.1, 0.15) is 22.2 Å². The molecule has 136 valence electrons. The molecule has 2 aromatic carbocycles. The van der Waals surface area contributed by atoms with Crippen LogP contribution in [0.4, 0.5) is 5.69 Å². The number of methoxy groups -OCH3 is 1. The summed E-state index contributed by atoms with van der Waals surface area (Å²) in [6, 6.07) is 17.8. The SMILES string of the molecule is CCN(C(=O)c1cc2cc3cc(OC)ccc3nc2s1)c1ccccc1C. The van der Waals surface area contributed by atoms with Crippen LogP contribution in [0.25, 0.3) is 21.1 Å². The lowest BCUT2D eigenvalue weighted by atomic mass is 10.1. The van der Waals surface area contributed by atoms with Crippen molar-refractivity contribution in [2.45, 2.75) is 13.8 Å². The number of pyridine rings is 1. The highest BCUT2D eigenvalue weighted by molar-refractivity contribution is 7.20. The normalized spacial score (nSPS) is 11.1. The van der Waals surface area contributed by atoms with Gasteiger partial charge in [-0.3, -0.25) is 4.79 Å². The van der Waals surface area contributed by atoms with Gasteiger partial charge in [0, 0.05) is 23.0 Å². The second-order valence-corrected chi connectivity index (χ2v) is 7.42. The molecule has 4 aromatic rings. The number of fused-ring (bicyclic) bond motifs is 2. The van der Waals surface area contributed by atoms with E-state index < -0.39 is 0 Å². The third-order valence-electron chi connectivity index (χ3n) is 4.69. The van der Waals surface area contributed by atoms with Crippen molar-refractivity contribution >= 4 is 44.1 Å². The van der Waals surface area contributed by atoms with E-state index in [1.54, 1.807) is 7.11 Å². The van der Waals surface area contributed by atoms with Gasteiger partial charge < -0.3 is 9.64 Å². The van der Waals surface area contributed by atoms with E-state index in [1.807, 2.05) is 67.3 Å². The lowest BCUT2D eigenvalue weighted by Crippen LogP contribution is -2.30. The van der Waals surface area contributed by atoms with Crippen LogP contribution in [0.2, 0.25) is 0 Å². The Balaban J connectivity index is 1.77. The van der Waals surface area contributed by atoms with Crippen molar-refractivity contribution in [1.82, 2.24) is 4.98 Å². The highest BCUT2D eigenvalue weighted by Gasteiger charge is 2.20. The maximum atomic E-state index is 13.2. The summed E-state index contributed by atoms with van der Waals surface area (Å²) in [6.07, 6.45) is 0. The smallest absolute Gasteiger partial charge is 0.268 e. The summed E-state index contributed by atoms with van der Waals surface area (Å²) in [5.74, 6) is 0.809. The number of nitrogens with zero attached hydrogens (tertiary/aromatic N) is 2. The number of thiophene rings is 1. The van der Waals surface area contributed by atoms with Crippen molar-refractivity contribution in [3.63, 3.8) is 0 Å². The van der Waals surface area contributed by atoms with E-state index in [4.69, 9.17) is 9.72 Å². The lowest BCUT2D eigenvalue weighted by molar-refractivity contribution is 0.0992. The zero-order chi connectivity index (χ0) is 19.0. The van der Waals surface area contributed by atoms with Crippen LogP contribution in [0.3, 0.4) is 0 Å². The molecule has 0 radical (unpaired) electrons. The van der Waals surface area contributed by atoms with E-state index in [9.17, 15) is 4.79 Å². The largest absolute Gasteiger partial charge is 0.497 e. The number of ether oxygens (including phenoxy) is 1. The van der Waals surface area contributed by atoms with Crippen LogP contribution in [0.15, 0.2) is 54.6 Å². The standard InChI is InChI=1S/C22H20N2O2S/c1-4-24(19-8-6-5-7-14(19)2)22(25)20-13-16-11-15-12-17(26-3)9-10-18(15)23-21(16)27-20/h5-13H,4H2,1-3H3. The number of amides is 1. The number of carbonyl (C=O) groups excluding carboxylic acids is 1. The number of hydrogen-bond donors (Lipinski definition) is 0. The Bertz CT molecular complexity index is 1150. The fourth-order valence-corrected chi connectivity index (χ4v) is 4.24. The summed E-state index contributed by atoms with van der Waals surface area (Å²) in [6.45, 7) is 4.64. The Hall–Kier alpha value is -2.92. The molecule has 5 heteroatoms. The Kier molecular flexibility index (Phi) is 4.54. The van der Waals surface area contributed by atoms with Gasteiger partial charge in [0.2, 0.25) is 0 Å². The zero-order valence-electron chi connectivity index (χ0n) is 15.5. The molecule has 4 nitrogen and oxygen atoms in total. The van der Waals surface area contributed by atoms with Crippen molar-refractivity contribution in [3.05, 3.63) is 65.0 Å². The van der Waals surface area contributed by atoms with Gasteiger partial charge >= 0.3 is 0 Å². The molecular weight excluding hydrogens is 356 g/mol. The minimum absolute atomic E-state index is 0.0106. The molecule has 0 atom stereocenters. The topological polar surface area (TPSA) is 42.4 Å². The molecule has 0 unspecified atom stereocenters. The molecule has 0 N–H and O–H groups in total. The number of hydrogen-bond acceptors (Lipinski definition) is 4. The van der Waals surface area contributed by atoms with Crippen LogP contribution >= 0.6 is 11.3 Å². The van der Waals surface area contributed by atoms with Crippen LogP contribution in [-0.4, -0.2) is 24.5 Å². The van der Waals surface area contributed by atoms with Gasteiger partial charge in [-0.15, -0.1) is 11.3 Å². The number of rotatable bonds is 4. The average molecular weight is 376 g/mol. The number of aromatic nitrogens is 1. The Morgan fingerprint density at radius 1 is 1.11 bits per heavy atom. The van der Waals surface area contributed by atoms with Gasteiger partial charge in [0.05, 0.1) is 17.5 Å². The molecule has 0 fully saturated rings. The fourth-order valence-electron chi connectivity index (χ4n) is 3.27. The molecule has 0 spiro atoms. The first-order valence-corrected chi connectivity index (χ1v) is 9.68. The zero-order valence-corrected chi connectivity index (χ0v) is 16.3. The van der Waals surface area contributed by atoms with Crippen LogP contribution in [-0.2, 0) is 0 Å². The number of benzene rings is 2. The molecule has 2 aromatic heterocycles. The molecular formula is C22H20N2O2S. The Morgan fingerprint density at radius 3 is 2.67 bits per heavy atom. The quantitative estimate of drug-likeness (QED) is 0.477. The van der Waals surface area contributed by atoms with Crippen LogP contribution in [0.5, 0.6) is 5.75 Å². The molecule has 0 saturated carbocycles. The lowest BCUT2D eigenvalue weighted by Gasteiger charge is -2.22. The summed E-state index contributed by atoms with van der Waals surface area (Å²) in [4.78, 5) is 21.3. The predicted molar refractivity (Wildman–Crippen MR) is 112 cm³/mol. The second kappa shape index (κ2) is 7.00. The van der Waals surface area contributed by atoms with E-state index in [0.717, 1.165) is 38.1 Å². The average Bonchev–Trinajstić information content (AvgIpc) is 3.10. The van der Waals surface area contributed by atoms with Gasteiger partial charge in [-0.05, 0) is 55.8 Å². The van der Waals surface area contributed by atoms with E-state index in [0.29, 0.717) is 11.4 Å². The molecule has 0 bridgehead atoms. The van der Waals surface area contributed by atoms with Gasteiger partial charge in [-0.25, -0.2) is 4.98 Å². The van der Waals surface area contributed by atoms with E-state index in [-0.39, 0.29) is 5.91 Å². The van der Waals surface area contributed by atoms with Crippen molar-refractivity contribution in [1.29, 1.82) is 0 Å². The van der Waals surface area contributed by atoms with Gasteiger partial charge in [-0.2, -0.15) is 0 Å². The van der Waals surface area contributed by atoms with Gasteiger partial charge in [-0.1, -0.05) is 18.2 Å². The van der Waals surface area contributed by atoms with E-state index in [2.05, 4.69) is 6.07 Å². The van der Waals surface area contributed by atoms with Crippen LogP contribution < -0.4 is 9.64 Å². The molecule has 2 heterocycles. The van der Waals surface area contributed by atoms with Gasteiger partial charge in [0.25, 0.3) is 5.91 Å². The summed E-state index contributed by atoms with van der Waals surface area (Å²) in [7, 11) is 1.65. The number of aryl methyl sites for hydroxylation is 1. The molecule has 4 rings (SSSR count). The third kappa shape index (κ3) is 3.15. The second-order valence-electron chi connectivity index (χ2n) is 6.39. The van der Waals surface area contributed by atoms with Crippen molar-refractivity contribution in [3.8, 4) is 5.75 Å². The molecule has 0 aliphatic heterocycles. The maximum Gasteiger partial charge on any atom is 0.268 e. The Morgan fingerprint density at radius 2 is 1.93 bits per heavy atom. The minimum atomic E-state index is 0.0106. The van der Waals surface area contributed by atoms with Crippen molar-refractivity contribution in [2.75, 3.05) is 18.6 Å². The third-order valence-corrected chi connectivity index (χ3v) is 5.72. The van der Waals surface area contributed by atoms with Crippen LogP contribution in [0, 0.1) is 6.92 Å². The summed E-state index contributed by atoms with van der Waals surface area (Å²) < 4.78 is 5.30. The predicted octanol–water partition coefficient (Wildman–Crippen LogP) is 5.43. The van der Waals surface area contributed by atoms with Gasteiger partial charge in [0.15, 0.2) is 0 Å². The van der Waals surface area contributed by atoms with Crippen molar-refractivity contribution in [2.24, 2.45) is 0 Å². The molecule has 1 amide bonds. The monoisotopic (exact) mass is 376 g/mol. The van der Waals surface area contributed by atoms with E-state index >= 15 is 0 Å². The molecule has 27 heavy (non-hydrogen) atoms.